The molecule has 1 fully saturated rings. The summed E-state index contributed by atoms with van der Waals surface area (Å²) in [6, 6.07) is 7.77. The summed E-state index contributed by atoms with van der Waals surface area (Å²) in [5.74, 6) is -1.25. The fraction of sp³-hybridized carbons (Fsp3) is 0.467. The van der Waals surface area contributed by atoms with Crippen molar-refractivity contribution in [1.82, 2.24) is 10.2 Å². The number of nitrogens with one attached hydrogen (secondary N) is 1. The van der Waals surface area contributed by atoms with E-state index in [9.17, 15) is 9.59 Å². The molecule has 5 nitrogen and oxygen atoms in total. The summed E-state index contributed by atoms with van der Waals surface area (Å²) in [4.78, 5) is 24.6. The predicted molar refractivity (Wildman–Crippen MR) is 75.3 cm³/mol. The van der Waals surface area contributed by atoms with Crippen LogP contribution in [-0.2, 0) is 11.3 Å². The maximum Gasteiger partial charge on any atom is 0.317 e. The van der Waals surface area contributed by atoms with Gasteiger partial charge in [0.05, 0.1) is 5.92 Å². The fourth-order valence-corrected chi connectivity index (χ4v) is 2.47. The minimum atomic E-state index is -0.818. The highest BCUT2D eigenvalue weighted by molar-refractivity contribution is 5.76. The van der Waals surface area contributed by atoms with Crippen molar-refractivity contribution < 1.29 is 14.7 Å². The molecular weight excluding hydrogens is 256 g/mol. The molecule has 0 radical (unpaired) electrons. The molecule has 1 heterocycles. The molecule has 1 atom stereocenters. The van der Waals surface area contributed by atoms with Gasteiger partial charge in [0.1, 0.15) is 0 Å². The van der Waals surface area contributed by atoms with Crippen molar-refractivity contribution in [2.45, 2.75) is 26.3 Å². The molecule has 20 heavy (non-hydrogen) atoms. The lowest BCUT2D eigenvalue weighted by atomic mass is 9.99. The molecule has 0 spiro atoms. The Morgan fingerprint density at radius 1 is 1.45 bits per heavy atom. The first-order valence-electron chi connectivity index (χ1n) is 6.87. The number of likely N-dealkylation sites (tertiary alicyclic amines) is 1. The Hall–Kier alpha value is -2.04. The average molecular weight is 276 g/mol. The van der Waals surface area contributed by atoms with Crippen molar-refractivity contribution in [2.75, 3.05) is 13.1 Å². The van der Waals surface area contributed by atoms with Crippen molar-refractivity contribution >= 4 is 12.0 Å². The van der Waals surface area contributed by atoms with Crippen LogP contribution in [0.4, 0.5) is 4.79 Å². The molecule has 2 rings (SSSR count). The number of carboxylic acids is 1. The number of carbonyl (C=O) groups excluding carboxylic acids is 1. The van der Waals surface area contributed by atoms with E-state index in [1.165, 1.54) is 0 Å². The van der Waals surface area contributed by atoms with E-state index in [0.29, 0.717) is 26.1 Å². The first-order valence-corrected chi connectivity index (χ1v) is 6.87. The predicted octanol–water partition coefficient (Wildman–Crippen LogP) is 2.00. The molecule has 1 aliphatic heterocycles. The second-order valence-corrected chi connectivity index (χ2v) is 5.27. The Bertz CT molecular complexity index is 502. The van der Waals surface area contributed by atoms with Gasteiger partial charge in [0.15, 0.2) is 0 Å². The number of carbonyl (C=O) groups is 2. The summed E-state index contributed by atoms with van der Waals surface area (Å²) in [6.07, 6.45) is 1.39. The maximum atomic E-state index is 12.0. The standard InChI is InChI=1S/C15H20N2O3/c1-11-4-2-5-12(8-11)9-16-15(20)17-7-3-6-13(10-17)14(18)19/h2,4-5,8,13H,3,6-7,9-10H2,1H3,(H,16,20)(H,18,19). The molecule has 1 aliphatic rings. The molecule has 2 amide bonds. The zero-order chi connectivity index (χ0) is 14.5. The molecule has 0 aliphatic carbocycles. The minimum absolute atomic E-state index is 0.183. The largest absolute Gasteiger partial charge is 0.481 e. The van der Waals surface area contributed by atoms with E-state index >= 15 is 0 Å². The molecule has 0 saturated carbocycles. The normalized spacial score (nSPS) is 18.6. The summed E-state index contributed by atoms with van der Waals surface area (Å²) < 4.78 is 0. The smallest absolute Gasteiger partial charge is 0.317 e. The number of piperidine rings is 1. The van der Waals surface area contributed by atoms with Crippen molar-refractivity contribution in [3.05, 3.63) is 35.4 Å². The van der Waals surface area contributed by atoms with Gasteiger partial charge in [0.2, 0.25) is 0 Å². The number of nitrogens with zero attached hydrogens (tertiary/aromatic N) is 1. The van der Waals surface area contributed by atoms with Crippen LogP contribution in [0, 0.1) is 12.8 Å². The zero-order valence-electron chi connectivity index (χ0n) is 11.6. The Labute approximate surface area is 118 Å². The van der Waals surface area contributed by atoms with E-state index < -0.39 is 11.9 Å². The highest BCUT2D eigenvalue weighted by Crippen LogP contribution is 2.16. The molecule has 1 saturated heterocycles. The fourth-order valence-electron chi connectivity index (χ4n) is 2.47. The summed E-state index contributed by atoms with van der Waals surface area (Å²) in [5.41, 5.74) is 2.20. The second kappa shape index (κ2) is 6.41. The zero-order valence-corrected chi connectivity index (χ0v) is 11.6. The van der Waals surface area contributed by atoms with Crippen LogP contribution >= 0.6 is 0 Å². The summed E-state index contributed by atoms with van der Waals surface area (Å²) in [7, 11) is 0. The molecule has 0 bridgehead atoms. The van der Waals surface area contributed by atoms with Gasteiger partial charge in [-0.05, 0) is 25.3 Å². The van der Waals surface area contributed by atoms with Gasteiger partial charge < -0.3 is 15.3 Å². The van der Waals surface area contributed by atoms with Gasteiger partial charge >= 0.3 is 12.0 Å². The van der Waals surface area contributed by atoms with Crippen LogP contribution in [0.25, 0.3) is 0 Å². The SMILES string of the molecule is Cc1cccc(CNC(=O)N2CCCC(C(=O)O)C2)c1. The van der Waals surface area contributed by atoms with E-state index in [2.05, 4.69) is 5.32 Å². The summed E-state index contributed by atoms with van der Waals surface area (Å²) in [5, 5.41) is 11.9. The van der Waals surface area contributed by atoms with Crippen molar-refractivity contribution in [3.8, 4) is 0 Å². The molecule has 5 heteroatoms. The number of amides is 2. The lowest BCUT2D eigenvalue weighted by Crippen LogP contribution is -2.46. The molecule has 1 aromatic rings. The van der Waals surface area contributed by atoms with Gasteiger partial charge in [-0.15, -0.1) is 0 Å². The Balaban J connectivity index is 1.87. The van der Waals surface area contributed by atoms with Crippen molar-refractivity contribution in [1.29, 1.82) is 0 Å². The van der Waals surface area contributed by atoms with E-state index in [1.807, 2.05) is 31.2 Å². The molecule has 1 unspecified atom stereocenters. The number of rotatable bonds is 3. The van der Waals surface area contributed by atoms with Crippen LogP contribution in [0.5, 0.6) is 0 Å². The van der Waals surface area contributed by atoms with Crippen LogP contribution in [0.15, 0.2) is 24.3 Å². The van der Waals surface area contributed by atoms with Crippen LogP contribution in [0.3, 0.4) is 0 Å². The number of hydrogen-bond acceptors (Lipinski definition) is 2. The Kier molecular flexibility index (Phi) is 4.61. The van der Waals surface area contributed by atoms with Gasteiger partial charge in [-0.1, -0.05) is 29.8 Å². The number of hydrogen-bond donors (Lipinski definition) is 2. The van der Waals surface area contributed by atoms with Crippen LogP contribution in [-0.4, -0.2) is 35.1 Å². The van der Waals surface area contributed by atoms with Crippen molar-refractivity contribution in [2.24, 2.45) is 5.92 Å². The van der Waals surface area contributed by atoms with Gasteiger partial charge in [0, 0.05) is 19.6 Å². The first kappa shape index (κ1) is 14.4. The quantitative estimate of drug-likeness (QED) is 0.887. The molecule has 0 aromatic heterocycles. The van der Waals surface area contributed by atoms with Gasteiger partial charge in [-0.3, -0.25) is 4.79 Å². The summed E-state index contributed by atoms with van der Waals surface area (Å²) in [6.45, 7) is 3.40. The van der Waals surface area contributed by atoms with Gasteiger partial charge in [0.25, 0.3) is 0 Å². The lowest BCUT2D eigenvalue weighted by Gasteiger charge is -2.30. The van der Waals surface area contributed by atoms with E-state index in [4.69, 9.17) is 5.11 Å². The van der Waals surface area contributed by atoms with E-state index in [0.717, 1.165) is 17.5 Å². The minimum Gasteiger partial charge on any atom is -0.481 e. The van der Waals surface area contributed by atoms with E-state index in [1.54, 1.807) is 4.90 Å². The molecular formula is C15H20N2O3. The topological polar surface area (TPSA) is 69.6 Å². The highest BCUT2D eigenvalue weighted by Gasteiger charge is 2.27. The van der Waals surface area contributed by atoms with Crippen LogP contribution in [0.2, 0.25) is 0 Å². The second-order valence-electron chi connectivity index (χ2n) is 5.27. The number of urea groups is 1. The third kappa shape index (κ3) is 3.73. The van der Waals surface area contributed by atoms with Crippen molar-refractivity contribution in [3.63, 3.8) is 0 Å². The number of carboxylic acid groups (broad SMARTS) is 1. The summed E-state index contributed by atoms with van der Waals surface area (Å²) >= 11 is 0. The maximum absolute atomic E-state index is 12.0. The Morgan fingerprint density at radius 3 is 2.95 bits per heavy atom. The van der Waals surface area contributed by atoms with E-state index in [-0.39, 0.29) is 6.03 Å². The number of aryl methyl sites for hydroxylation is 1. The van der Waals surface area contributed by atoms with Gasteiger partial charge in [-0.25, -0.2) is 4.79 Å². The molecule has 1 aromatic carbocycles. The van der Waals surface area contributed by atoms with Crippen LogP contribution in [0.1, 0.15) is 24.0 Å². The Morgan fingerprint density at radius 2 is 2.25 bits per heavy atom. The number of benzene rings is 1. The third-order valence-corrected chi connectivity index (χ3v) is 3.58. The van der Waals surface area contributed by atoms with Gasteiger partial charge in [-0.2, -0.15) is 0 Å². The lowest BCUT2D eigenvalue weighted by molar-refractivity contribution is -0.143. The average Bonchev–Trinajstić information content (AvgIpc) is 2.45. The monoisotopic (exact) mass is 276 g/mol. The first-order chi connectivity index (χ1) is 9.56. The van der Waals surface area contributed by atoms with Crippen LogP contribution < -0.4 is 5.32 Å². The molecule has 2 N–H and O–H groups in total. The number of aliphatic carboxylic acids is 1. The molecule has 108 valence electrons. The third-order valence-electron chi connectivity index (χ3n) is 3.58. The highest BCUT2D eigenvalue weighted by atomic mass is 16.4.